The number of rotatable bonds is 1. The number of anilines is 1. The van der Waals surface area contributed by atoms with Crippen molar-refractivity contribution in [3.8, 4) is 11.1 Å². The molecule has 2 aromatic rings. The Hall–Kier alpha value is -1.61. The Morgan fingerprint density at radius 3 is 2.67 bits per heavy atom. The van der Waals surface area contributed by atoms with Crippen molar-refractivity contribution < 1.29 is 4.39 Å². The fourth-order valence-corrected chi connectivity index (χ4v) is 1.50. The number of halogens is 2. The summed E-state index contributed by atoms with van der Waals surface area (Å²) in [6, 6.07) is 7.96. The summed E-state index contributed by atoms with van der Waals surface area (Å²) in [6.07, 6.45) is 1.43. The van der Waals surface area contributed by atoms with Crippen LogP contribution in [-0.4, -0.2) is 4.98 Å². The van der Waals surface area contributed by atoms with Gasteiger partial charge in [-0.2, -0.15) is 0 Å². The Morgan fingerprint density at radius 1 is 1.20 bits per heavy atom. The van der Waals surface area contributed by atoms with Gasteiger partial charge in [-0.1, -0.05) is 29.8 Å². The zero-order chi connectivity index (χ0) is 10.8. The summed E-state index contributed by atoms with van der Waals surface area (Å²) in [7, 11) is 0. The second-order valence-electron chi connectivity index (χ2n) is 3.07. The van der Waals surface area contributed by atoms with Crippen molar-refractivity contribution in [2.75, 3.05) is 5.73 Å². The Labute approximate surface area is 91.5 Å². The van der Waals surface area contributed by atoms with E-state index in [1.165, 1.54) is 12.3 Å². The van der Waals surface area contributed by atoms with Gasteiger partial charge in [0.1, 0.15) is 11.6 Å². The third kappa shape index (κ3) is 1.92. The molecule has 0 aliphatic heterocycles. The maximum absolute atomic E-state index is 13.5. The van der Waals surface area contributed by atoms with Crippen LogP contribution in [0.4, 0.5) is 10.2 Å². The highest BCUT2D eigenvalue weighted by molar-refractivity contribution is 6.30. The molecule has 0 amide bonds. The van der Waals surface area contributed by atoms with Crippen LogP contribution in [0.25, 0.3) is 11.1 Å². The van der Waals surface area contributed by atoms with E-state index >= 15 is 0 Å². The summed E-state index contributed by atoms with van der Waals surface area (Å²) >= 11 is 5.78. The lowest BCUT2D eigenvalue weighted by molar-refractivity contribution is 0.631. The van der Waals surface area contributed by atoms with Gasteiger partial charge in [0.25, 0.3) is 0 Å². The quantitative estimate of drug-likeness (QED) is 0.805. The lowest BCUT2D eigenvalue weighted by Gasteiger charge is -2.06. The van der Waals surface area contributed by atoms with E-state index in [1.54, 1.807) is 24.3 Å². The number of nitrogen functional groups attached to an aromatic ring is 1. The molecule has 2 N–H and O–H groups in total. The molecule has 1 aromatic heterocycles. The van der Waals surface area contributed by atoms with E-state index in [1.807, 2.05) is 0 Å². The summed E-state index contributed by atoms with van der Waals surface area (Å²) in [5, 5.41) is 0.433. The first-order valence-corrected chi connectivity index (χ1v) is 4.72. The second kappa shape index (κ2) is 3.87. The van der Waals surface area contributed by atoms with Gasteiger partial charge in [0.05, 0.1) is 5.02 Å². The van der Waals surface area contributed by atoms with Crippen LogP contribution < -0.4 is 5.73 Å². The highest BCUT2D eigenvalue weighted by Gasteiger charge is 2.08. The smallest absolute Gasteiger partial charge is 0.131 e. The van der Waals surface area contributed by atoms with E-state index in [0.29, 0.717) is 16.1 Å². The predicted octanol–water partition coefficient (Wildman–Crippen LogP) is 3.12. The first-order valence-electron chi connectivity index (χ1n) is 4.34. The first kappa shape index (κ1) is 9.93. The minimum absolute atomic E-state index is 0.268. The van der Waals surface area contributed by atoms with Crippen molar-refractivity contribution in [3.63, 3.8) is 0 Å². The van der Waals surface area contributed by atoms with Crippen molar-refractivity contribution >= 4 is 17.4 Å². The van der Waals surface area contributed by atoms with Gasteiger partial charge in [0, 0.05) is 17.3 Å². The van der Waals surface area contributed by atoms with Crippen LogP contribution in [0.5, 0.6) is 0 Å². The summed E-state index contributed by atoms with van der Waals surface area (Å²) in [5.74, 6) is -0.0715. The van der Waals surface area contributed by atoms with Crippen molar-refractivity contribution in [1.29, 1.82) is 0 Å². The molecule has 0 spiro atoms. The maximum Gasteiger partial charge on any atom is 0.131 e. The van der Waals surface area contributed by atoms with E-state index in [0.717, 1.165) is 0 Å². The van der Waals surface area contributed by atoms with E-state index in [2.05, 4.69) is 4.98 Å². The molecule has 2 rings (SSSR count). The standard InChI is InChI=1S/C11H8ClFN2/c12-7-5-9(11(14)15-6-7)8-3-1-2-4-10(8)13/h1-6H,(H2,14,15). The van der Waals surface area contributed by atoms with E-state index in [-0.39, 0.29) is 11.6 Å². The number of benzene rings is 1. The van der Waals surface area contributed by atoms with Gasteiger partial charge in [0.2, 0.25) is 0 Å². The van der Waals surface area contributed by atoms with Gasteiger partial charge in [-0.05, 0) is 12.1 Å². The van der Waals surface area contributed by atoms with Crippen LogP contribution in [0.1, 0.15) is 0 Å². The predicted molar refractivity (Wildman–Crippen MR) is 59.1 cm³/mol. The van der Waals surface area contributed by atoms with Crippen LogP contribution in [0.3, 0.4) is 0 Å². The average molecular weight is 223 g/mol. The Morgan fingerprint density at radius 2 is 1.93 bits per heavy atom. The van der Waals surface area contributed by atoms with Crippen LogP contribution in [-0.2, 0) is 0 Å². The monoisotopic (exact) mass is 222 g/mol. The maximum atomic E-state index is 13.5. The van der Waals surface area contributed by atoms with Gasteiger partial charge in [-0.15, -0.1) is 0 Å². The highest BCUT2D eigenvalue weighted by atomic mass is 35.5. The second-order valence-corrected chi connectivity index (χ2v) is 3.50. The van der Waals surface area contributed by atoms with Gasteiger partial charge in [0.15, 0.2) is 0 Å². The first-order chi connectivity index (χ1) is 7.18. The van der Waals surface area contributed by atoms with E-state index in [4.69, 9.17) is 17.3 Å². The minimum atomic E-state index is -0.340. The number of hydrogen-bond acceptors (Lipinski definition) is 2. The summed E-state index contributed by atoms with van der Waals surface area (Å²) in [4.78, 5) is 3.88. The SMILES string of the molecule is Nc1ncc(Cl)cc1-c1ccccc1F. The molecule has 4 heteroatoms. The molecular formula is C11H8ClFN2. The summed E-state index contributed by atoms with van der Waals surface area (Å²) in [6.45, 7) is 0. The fourth-order valence-electron chi connectivity index (χ4n) is 1.35. The third-order valence-electron chi connectivity index (χ3n) is 2.05. The third-order valence-corrected chi connectivity index (χ3v) is 2.26. The van der Waals surface area contributed by atoms with Crippen LogP contribution in [0.15, 0.2) is 36.5 Å². The zero-order valence-electron chi connectivity index (χ0n) is 7.74. The number of pyridine rings is 1. The molecule has 0 aliphatic carbocycles. The minimum Gasteiger partial charge on any atom is -0.383 e. The molecule has 76 valence electrons. The normalized spacial score (nSPS) is 10.3. The van der Waals surface area contributed by atoms with Gasteiger partial charge < -0.3 is 5.73 Å². The summed E-state index contributed by atoms with van der Waals surface area (Å²) in [5.41, 5.74) is 6.58. The molecule has 0 unspecified atom stereocenters. The van der Waals surface area contributed by atoms with E-state index in [9.17, 15) is 4.39 Å². The molecule has 0 bridgehead atoms. The average Bonchev–Trinajstić information content (AvgIpc) is 2.23. The van der Waals surface area contributed by atoms with Gasteiger partial charge in [-0.3, -0.25) is 0 Å². The number of hydrogen-bond donors (Lipinski definition) is 1. The highest BCUT2D eigenvalue weighted by Crippen LogP contribution is 2.28. The van der Waals surface area contributed by atoms with Gasteiger partial charge in [-0.25, -0.2) is 9.37 Å². The van der Waals surface area contributed by atoms with Crippen LogP contribution in [0, 0.1) is 5.82 Å². The van der Waals surface area contributed by atoms with Crippen molar-refractivity contribution in [3.05, 3.63) is 47.4 Å². The van der Waals surface area contributed by atoms with E-state index < -0.39 is 0 Å². The fraction of sp³-hybridized carbons (Fsp3) is 0. The molecule has 15 heavy (non-hydrogen) atoms. The molecule has 0 aliphatic rings. The van der Waals surface area contributed by atoms with Crippen LogP contribution >= 0.6 is 11.6 Å². The topological polar surface area (TPSA) is 38.9 Å². The van der Waals surface area contributed by atoms with Crippen LogP contribution in [0.2, 0.25) is 5.02 Å². The summed E-state index contributed by atoms with van der Waals surface area (Å²) < 4.78 is 13.5. The number of nitrogens with two attached hydrogens (primary N) is 1. The Bertz CT molecular complexity index is 500. The largest absolute Gasteiger partial charge is 0.383 e. The van der Waals surface area contributed by atoms with Crippen molar-refractivity contribution in [2.24, 2.45) is 0 Å². The lowest BCUT2D eigenvalue weighted by atomic mass is 10.1. The van der Waals surface area contributed by atoms with Gasteiger partial charge >= 0.3 is 0 Å². The van der Waals surface area contributed by atoms with Crippen molar-refractivity contribution in [2.45, 2.75) is 0 Å². The molecule has 0 radical (unpaired) electrons. The number of nitrogens with zero attached hydrogens (tertiary/aromatic N) is 1. The molecule has 0 atom stereocenters. The molecule has 1 aromatic carbocycles. The molecule has 2 nitrogen and oxygen atoms in total. The number of aromatic nitrogens is 1. The van der Waals surface area contributed by atoms with Crippen molar-refractivity contribution in [1.82, 2.24) is 4.98 Å². The Kier molecular flexibility index (Phi) is 2.56. The zero-order valence-corrected chi connectivity index (χ0v) is 8.50. The lowest BCUT2D eigenvalue weighted by Crippen LogP contribution is -1.95. The molecule has 1 heterocycles. The molecule has 0 fully saturated rings. The molecule has 0 saturated heterocycles. The Balaban J connectivity index is 2.64. The molecular weight excluding hydrogens is 215 g/mol. The molecule has 0 saturated carbocycles.